The normalized spacial score (nSPS) is 24.4. The van der Waals surface area contributed by atoms with Crippen molar-refractivity contribution >= 4 is 17.0 Å². The quantitative estimate of drug-likeness (QED) is 0.378. The van der Waals surface area contributed by atoms with Crippen LogP contribution in [0.25, 0.3) is 22.2 Å². The van der Waals surface area contributed by atoms with Crippen molar-refractivity contribution in [3.05, 3.63) is 66.0 Å². The first-order valence-corrected chi connectivity index (χ1v) is 12.4. The van der Waals surface area contributed by atoms with Gasteiger partial charge < -0.3 is 18.9 Å². The van der Waals surface area contributed by atoms with Gasteiger partial charge in [0.25, 0.3) is 0 Å². The van der Waals surface area contributed by atoms with E-state index in [1.807, 2.05) is 17.0 Å². The SMILES string of the molecule is C[C@@H]1[C@@H]2c3nc4cc(F)c(-c5cnc(N6CCOCC6)nc5)cc4n3[C@H](c3ccccc3OC(F)F)[C@H]12. The second-order valence-electron chi connectivity index (χ2n) is 9.86. The predicted octanol–water partition coefficient (Wildman–Crippen LogP) is 5.02. The molecule has 1 saturated heterocycles. The highest BCUT2D eigenvalue weighted by Gasteiger charge is 2.61. The predicted molar refractivity (Wildman–Crippen MR) is 130 cm³/mol. The van der Waals surface area contributed by atoms with Crippen molar-refractivity contribution in [3.63, 3.8) is 0 Å². The van der Waals surface area contributed by atoms with Crippen LogP contribution in [-0.2, 0) is 4.74 Å². The zero-order chi connectivity index (χ0) is 25.3. The standard InChI is InChI=1S/C27H24F3N5O2/c1-14-22-23(14)25-33-19-11-18(28)17(15-12-31-27(32-13-15)34-6-8-36-9-7-34)10-20(19)35(25)24(22)16-4-2-3-5-21(16)37-26(29)30/h2-5,10-14,22-24,26H,6-9H2,1H3/t14-,22+,23-,24+/m0/s1. The van der Waals surface area contributed by atoms with E-state index >= 15 is 4.39 Å². The molecule has 3 aliphatic rings. The molecule has 2 aromatic carbocycles. The number of anilines is 1. The molecule has 0 unspecified atom stereocenters. The molecule has 4 heterocycles. The van der Waals surface area contributed by atoms with E-state index in [0.717, 1.165) is 11.3 Å². The van der Waals surface area contributed by atoms with Crippen LogP contribution in [0.2, 0.25) is 0 Å². The zero-order valence-corrected chi connectivity index (χ0v) is 20.0. The van der Waals surface area contributed by atoms with Crippen LogP contribution in [-0.4, -0.2) is 52.4 Å². The van der Waals surface area contributed by atoms with Crippen molar-refractivity contribution in [2.24, 2.45) is 11.8 Å². The summed E-state index contributed by atoms with van der Waals surface area (Å²) in [6.07, 6.45) is 3.26. The Balaban J connectivity index is 1.32. The number of benzene rings is 2. The summed E-state index contributed by atoms with van der Waals surface area (Å²) in [5, 5.41) is 0. The smallest absolute Gasteiger partial charge is 0.387 e. The maximum Gasteiger partial charge on any atom is 0.387 e. The van der Waals surface area contributed by atoms with Gasteiger partial charge in [-0.1, -0.05) is 25.1 Å². The molecule has 2 fully saturated rings. The Hall–Kier alpha value is -3.66. The van der Waals surface area contributed by atoms with E-state index in [9.17, 15) is 8.78 Å². The Morgan fingerprint density at radius 1 is 1.08 bits per heavy atom. The lowest BCUT2D eigenvalue weighted by atomic mass is 9.99. The van der Waals surface area contributed by atoms with E-state index in [2.05, 4.69) is 21.5 Å². The van der Waals surface area contributed by atoms with E-state index in [1.54, 1.807) is 30.6 Å². The maximum absolute atomic E-state index is 15.3. The van der Waals surface area contributed by atoms with Gasteiger partial charge in [0.15, 0.2) is 0 Å². The minimum atomic E-state index is -2.92. The number of morpholine rings is 1. The van der Waals surface area contributed by atoms with Gasteiger partial charge >= 0.3 is 6.61 Å². The van der Waals surface area contributed by atoms with Gasteiger partial charge in [-0.2, -0.15) is 8.78 Å². The van der Waals surface area contributed by atoms with Gasteiger partial charge in [-0.05, 0) is 24.0 Å². The molecule has 190 valence electrons. The average Bonchev–Trinajstić information content (AvgIpc) is 3.24. The van der Waals surface area contributed by atoms with E-state index in [0.29, 0.717) is 60.4 Å². The van der Waals surface area contributed by atoms with Crippen molar-refractivity contribution in [1.29, 1.82) is 0 Å². The first kappa shape index (κ1) is 22.5. The molecule has 0 spiro atoms. The van der Waals surface area contributed by atoms with Crippen molar-refractivity contribution in [2.45, 2.75) is 25.5 Å². The van der Waals surface area contributed by atoms with E-state index in [1.165, 1.54) is 6.07 Å². The summed E-state index contributed by atoms with van der Waals surface area (Å²) >= 11 is 0. The maximum atomic E-state index is 15.3. The monoisotopic (exact) mass is 507 g/mol. The molecule has 7 nitrogen and oxygen atoms in total. The van der Waals surface area contributed by atoms with E-state index in [-0.39, 0.29) is 23.6 Å². The zero-order valence-electron chi connectivity index (χ0n) is 20.0. The topological polar surface area (TPSA) is 65.3 Å². The van der Waals surface area contributed by atoms with E-state index in [4.69, 9.17) is 14.5 Å². The second kappa shape index (κ2) is 8.44. The molecule has 37 heavy (non-hydrogen) atoms. The van der Waals surface area contributed by atoms with Crippen LogP contribution in [0.1, 0.15) is 30.3 Å². The fourth-order valence-electron chi connectivity index (χ4n) is 6.10. The number of hydrogen-bond acceptors (Lipinski definition) is 6. The van der Waals surface area contributed by atoms with Crippen LogP contribution in [0, 0.1) is 17.7 Å². The largest absolute Gasteiger partial charge is 0.434 e. The molecule has 0 N–H and O–H groups in total. The first-order chi connectivity index (χ1) is 18.0. The number of hydrogen-bond donors (Lipinski definition) is 0. The van der Waals surface area contributed by atoms with Gasteiger partial charge in [0.2, 0.25) is 5.95 Å². The molecule has 0 amide bonds. The number of halogens is 3. The van der Waals surface area contributed by atoms with Crippen molar-refractivity contribution in [3.8, 4) is 16.9 Å². The highest BCUT2D eigenvalue weighted by Crippen LogP contribution is 2.66. The Morgan fingerprint density at radius 3 is 2.59 bits per heavy atom. The Bertz CT molecular complexity index is 1490. The highest BCUT2D eigenvalue weighted by molar-refractivity contribution is 5.84. The molecule has 4 aromatic rings. The molecule has 10 heteroatoms. The van der Waals surface area contributed by atoms with Crippen LogP contribution in [0.4, 0.5) is 19.1 Å². The van der Waals surface area contributed by atoms with Crippen LogP contribution in [0.15, 0.2) is 48.8 Å². The second-order valence-corrected chi connectivity index (χ2v) is 9.86. The molecule has 1 aliphatic carbocycles. The summed E-state index contributed by atoms with van der Waals surface area (Å²) in [5.74, 6) is 1.95. The van der Waals surface area contributed by atoms with Crippen LogP contribution >= 0.6 is 0 Å². The first-order valence-electron chi connectivity index (χ1n) is 12.4. The van der Waals surface area contributed by atoms with Crippen molar-refractivity contribution in [1.82, 2.24) is 19.5 Å². The minimum Gasteiger partial charge on any atom is -0.434 e. The molecule has 2 aromatic heterocycles. The van der Waals surface area contributed by atoms with Gasteiger partial charge in [-0.15, -0.1) is 0 Å². The number of aromatic nitrogens is 4. The fourth-order valence-corrected chi connectivity index (χ4v) is 6.10. The summed E-state index contributed by atoms with van der Waals surface area (Å²) in [4.78, 5) is 15.8. The number of para-hydroxylation sites is 1. The number of fused-ring (bicyclic) bond motifs is 5. The summed E-state index contributed by atoms with van der Waals surface area (Å²) in [6.45, 7) is 1.88. The van der Waals surface area contributed by atoms with Gasteiger partial charge in [0.05, 0.1) is 30.3 Å². The number of imidazole rings is 1. The van der Waals surface area contributed by atoms with Crippen molar-refractivity contribution < 1.29 is 22.6 Å². The third-order valence-electron chi connectivity index (χ3n) is 7.89. The van der Waals surface area contributed by atoms with Gasteiger partial charge in [0, 0.05) is 54.2 Å². The fraction of sp³-hybridized carbons (Fsp3) is 0.370. The molecule has 4 atom stereocenters. The van der Waals surface area contributed by atoms with Crippen molar-refractivity contribution in [2.75, 3.05) is 31.2 Å². The number of rotatable bonds is 5. The van der Waals surface area contributed by atoms with E-state index < -0.39 is 12.4 Å². The molecule has 2 aliphatic heterocycles. The van der Waals surface area contributed by atoms with Gasteiger partial charge in [-0.3, -0.25) is 0 Å². The third-order valence-corrected chi connectivity index (χ3v) is 7.89. The lowest BCUT2D eigenvalue weighted by molar-refractivity contribution is -0.0507. The Kier molecular flexibility index (Phi) is 5.14. The van der Waals surface area contributed by atoms with Crippen LogP contribution < -0.4 is 9.64 Å². The summed E-state index contributed by atoms with van der Waals surface area (Å²) in [6, 6.07) is 9.89. The molecular weight excluding hydrogens is 483 g/mol. The lowest BCUT2D eigenvalue weighted by Gasteiger charge is -2.26. The molecule has 7 rings (SSSR count). The minimum absolute atomic E-state index is 0.157. The average molecular weight is 508 g/mol. The lowest BCUT2D eigenvalue weighted by Crippen LogP contribution is -2.37. The summed E-state index contributed by atoms with van der Waals surface area (Å²) in [7, 11) is 0. The molecule has 1 saturated carbocycles. The van der Waals surface area contributed by atoms with Crippen LogP contribution in [0.3, 0.4) is 0 Å². The third kappa shape index (κ3) is 3.57. The molecule has 0 radical (unpaired) electrons. The molecule has 0 bridgehead atoms. The molecular formula is C27H24F3N5O2. The Labute approximate surface area is 210 Å². The number of nitrogens with zero attached hydrogens (tertiary/aromatic N) is 5. The highest BCUT2D eigenvalue weighted by atomic mass is 19.3. The van der Waals surface area contributed by atoms with Gasteiger partial charge in [0.1, 0.15) is 17.4 Å². The summed E-state index contributed by atoms with van der Waals surface area (Å²) < 4.78 is 54.0. The number of alkyl halides is 2. The Morgan fingerprint density at radius 2 is 1.84 bits per heavy atom. The van der Waals surface area contributed by atoms with Crippen LogP contribution in [0.5, 0.6) is 5.75 Å². The number of ether oxygens (including phenoxy) is 2. The summed E-state index contributed by atoms with van der Waals surface area (Å²) in [5.41, 5.74) is 2.90. The van der Waals surface area contributed by atoms with Gasteiger partial charge in [-0.25, -0.2) is 19.3 Å².